The lowest BCUT2D eigenvalue weighted by Crippen LogP contribution is -2.16. The molecule has 7 heteroatoms. The third kappa shape index (κ3) is 1.79. The van der Waals surface area contributed by atoms with Crippen LogP contribution in [0.15, 0.2) is 16.7 Å². The first-order chi connectivity index (χ1) is 8.79. The third-order valence-corrected chi connectivity index (χ3v) is 2.84. The number of ether oxygens (including phenoxy) is 2. The zero-order valence-corrected chi connectivity index (χ0v) is 10.1. The van der Waals surface area contributed by atoms with Crippen LogP contribution in [0.5, 0.6) is 11.5 Å². The van der Waals surface area contributed by atoms with Crippen molar-refractivity contribution in [3.63, 3.8) is 0 Å². The summed E-state index contributed by atoms with van der Waals surface area (Å²) in [5.41, 5.74) is 6.00. The molecule has 0 atom stereocenters. The molecule has 0 unspecified atom stereocenters. The zero-order valence-electron chi connectivity index (χ0n) is 9.35. The quantitative estimate of drug-likeness (QED) is 0.890. The van der Waals surface area contributed by atoms with Gasteiger partial charge in [0.15, 0.2) is 11.5 Å². The summed E-state index contributed by atoms with van der Waals surface area (Å²) in [4.78, 5) is 4.15. The number of halogens is 1. The molecule has 1 aromatic heterocycles. The Kier molecular flexibility index (Phi) is 2.81. The van der Waals surface area contributed by atoms with E-state index in [-0.39, 0.29) is 6.54 Å². The molecule has 18 heavy (non-hydrogen) atoms. The van der Waals surface area contributed by atoms with Gasteiger partial charge in [0.1, 0.15) is 13.2 Å². The van der Waals surface area contributed by atoms with Crippen LogP contribution in [0.2, 0.25) is 5.02 Å². The second-order valence-corrected chi connectivity index (χ2v) is 4.07. The summed E-state index contributed by atoms with van der Waals surface area (Å²) in [7, 11) is 0. The summed E-state index contributed by atoms with van der Waals surface area (Å²) in [5.74, 6) is 1.86. The van der Waals surface area contributed by atoms with Crippen LogP contribution in [0.1, 0.15) is 5.89 Å². The molecule has 2 N–H and O–H groups in total. The third-order valence-electron chi connectivity index (χ3n) is 2.52. The first-order valence-electron chi connectivity index (χ1n) is 5.40. The molecule has 2 heterocycles. The highest BCUT2D eigenvalue weighted by Crippen LogP contribution is 2.43. The van der Waals surface area contributed by atoms with Gasteiger partial charge in [0.2, 0.25) is 11.7 Å². The predicted octanol–water partition coefficient (Wildman–Crippen LogP) is 1.62. The van der Waals surface area contributed by atoms with Crippen molar-refractivity contribution in [2.75, 3.05) is 13.2 Å². The molecule has 0 saturated heterocycles. The van der Waals surface area contributed by atoms with Gasteiger partial charge in [-0.15, -0.1) is 0 Å². The number of hydrogen-bond donors (Lipinski definition) is 1. The molecule has 0 bridgehead atoms. The lowest BCUT2D eigenvalue weighted by molar-refractivity contribution is 0.172. The van der Waals surface area contributed by atoms with Gasteiger partial charge in [0.25, 0.3) is 0 Å². The van der Waals surface area contributed by atoms with Gasteiger partial charge in [0.05, 0.1) is 17.1 Å². The fraction of sp³-hybridized carbons (Fsp3) is 0.273. The lowest BCUT2D eigenvalue weighted by Gasteiger charge is -2.20. The van der Waals surface area contributed by atoms with Crippen LogP contribution < -0.4 is 15.2 Å². The summed E-state index contributed by atoms with van der Waals surface area (Å²) >= 11 is 6.16. The zero-order chi connectivity index (χ0) is 12.5. The Balaban J connectivity index is 2.15. The largest absolute Gasteiger partial charge is 0.486 e. The van der Waals surface area contributed by atoms with Crippen LogP contribution in [-0.2, 0) is 6.54 Å². The molecular weight excluding hydrogens is 258 g/mol. The van der Waals surface area contributed by atoms with Crippen LogP contribution >= 0.6 is 11.6 Å². The van der Waals surface area contributed by atoms with Crippen LogP contribution in [0.4, 0.5) is 0 Å². The number of aromatic nitrogens is 2. The van der Waals surface area contributed by atoms with Crippen molar-refractivity contribution in [2.24, 2.45) is 5.73 Å². The van der Waals surface area contributed by atoms with Crippen LogP contribution in [-0.4, -0.2) is 23.4 Å². The lowest BCUT2D eigenvalue weighted by atomic mass is 10.1. The SMILES string of the molecule is NCc1nc(-c2c(Cl)ccc3c2OCCO3)no1. The molecule has 0 spiro atoms. The van der Waals surface area contributed by atoms with E-state index >= 15 is 0 Å². The van der Waals surface area contributed by atoms with E-state index in [2.05, 4.69) is 10.1 Å². The van der Waals surface area contributed by atoms with E-state index in [1.165, 1.54) is 0 Å². The molecule has 94 valence electrons. The van der Waals surface area contributed by atoms with Crippen molar-refractivity contribution in [1.82, 2.24) is 10.1 Å². The minimum absolute atomic E-state index is 0.178. The Morgan fingerprint density at radius 2 is 2.11 bits per heavy atom. The smallest absolute Gasteiger partial charge is 0.240 e. The van der Waals surface area contributed by atoms with Crippen molar-refractivity contribution in [3.8, 4) is 22.9 Å². The van der Waals surface area contributed by atoms with Gasteiger partial charge < -0.3 is 19.7 Å². The molecule has 0 amide bonds. The predicted molar refractivity (Wildman–Crippen MR) is 63.6 cm³/mol. The van der Waals surface area contributed by atoms with E-state index in [0.29, 0.717) is 47.0 Å². The molecule has 0 aliphatic carbocycles. The van der Waals surface area contributed by atoms with Gasteiger partial charge in [0, 0.05) is 0 Å². The van der Waals surface area contributed by atoms with Crippen LogP contribution in [0, 0.1) is 0 Å². The number of fused-ring (bicyclic) bond motifs is 1. The fourth-order valence-corrected chi connectivity index (χ4v) is 1.97. The van der Waals surface area contributed by atoms with Crippen molar-refractivity contribution >= 4 is 11.6 Å². The van der Waals surface area contributed by atoms with Crippen molar-refractivity contribution in [3.05, 3.63) is 23.0 Å². The van der Waals surface area contributed by atoms with Crippen molar-refractivity contribution in [1.29, 1.82) is 0 Å². The number of nitrogens with two attached hydrogens (primary N) is 1. The maximum Gasteiger partial charge on any atom is 0.240 e. The first kappa shape index (κ1) is 11.3. The first-order valence-corrected chi connectivity index (χ1v) is 5.78. The maximum absolute atomic E-state index is 6.16. The Morgan fingerprint density at radius 1 is 1.28 bits per heavy atom. The molecule has 1 aromatic carbocycles. The van der Waals surface area contributed by atoms with E-state index in [0.717, 1.165) is 0 Å². The monoisotopic (exact) mass is 267 g/mol. The van der Waals surface area contributed by atoms with Gasteiger partial charge >= 0.3 is 0 Å². The van der Waals surface area contributed by atoms with Gasteiger partial charge in [-0.25, -0.2) is 0 Å². The molecule has 0 radical (unpaired) electrons. The Bertz CT molecular complexity index is 585. The average Bonchev–Trinajstić information content (AvgIpc) is 2.87. The van der Waals surface area contributed by atoms with Crippen molar-refractivity contribution < 1.29 is 14.0 Å². The van der Waals surface area contributed by atoms with Gasteiger partial charge in [-0.1, -0.05) is 16.8 Å². The van der Waals surface area contributed by atoms with E-state index < -0.39 is 0 Å². The second-order valence-electron chi connectivity index (χ2n) is 3.66. The number of benzene rings is 1. The van der Waals surface area contributed by atoms with E-state index in [1.54, 1.807) is 12.1 Å². The summed E-state index contributed by atoms with van der Waals surface area (Å²) in [6.45, 7) is 1.15. The summed E-state index contributed by atoms with van der Waals surface area (Å²) in [6, 6.07) is 3.47. The molecule has 0 fully saturated rings. The molecule has 3 rings (SSSR count). The highest BCUT2D eigenvalue weighted by Gasteiger charge is 2.23. The van der Waals surface area contributed by atoms with Gasteiger partial charge in [-0.3, -0.25) is 0 Å². The number of rotatable bonds is 2. The van der Waals surface area contributed by atoms with Crippen LogP contribution in [0.25, 0.3) is 11.4 Å². The molecule has 1 aliphatic rings. The number of nitrogens with zero attached hydrogens (tertiary/aromatic N) is 2. The Hall–Kier alpha value is -1.79. The molecule has 0 saturated carbocycles. The molecule has 1 aliphatic heterocycles. The standard InChI is InChI=1S/C11H10ClN3O3/c12-6-1-2-7-10(17-4-3-16-7)9(6)11-14-8(5-13)18-15-11/h1-2H,3-5,13H2. The molecule has 2 aromatic rings. The van der Waals surface area contributed by atoms with E-state index in [4.69, 9.17) is 31.3 Å². The van der Waals surface area contributed by atoms with E-state index in [9.17, 15) is 0 Å². The maximum atomic E-state index is 6.16. The second kappa shape index (κ2) is 4.47. The van der Waals surface area contributed by atoms with Gasteiger partial charge in [-0.2, -0.15) is 4.98 Å². The molecule has 6 nitrogen and oxygen atoms in total. The topological polar surface area (TPSA) is 83.4 Å². The fourth-order valence-electron chi connectivity index (χ4n) is 1.74. The Labute approximate surface area is 108 Å². The Morgan fingerprint density at radius 3 is 2.89 bits per heavy atom. The summed E-state index contributed by atoms with van der Waals surface area (Å²) < 4.78 is 16.0. The summed E-state index contributed by atoms with van der Waals surface area (Å²) in [5, 5.41) is 4.32. The van der Waals surface area contributed by atoms with Crippen LogP contribution in [0.3, 0.4) is 0 Å². The number of hydrogen-bond acceptors (Lipinski definition) is 6. The van der Waals surface area contributed by atoms with Gasteiger partial charge in [-0.05, 0) is 12.1 Å². The molecular formula is C11H10ClN3O3. The van der Waals surface area contributed by atoms with Crippen molar-refractivity contribution in [2.45, 2.75) is 6.54 Å². The minimum atomic E-state index is 0.178. The normalized spacial score (nSPS) is 13.7. The highest BCUT2D eigenvalue weighted by molar-refractivity contribution is 6.33. The summed E-state index contributed by atoms with van der Waals surface area (Å²) in [6.07, 6.45) is 0. The minimum Gasteiger partial charge on any atom is -0.486 e. The van der Waals surface area contributed by atoms with E-state index in [1.807, 2.05) is 0 Å². The average molecular weight is 268 g/mol. The highest BCUT2D eigenvalue weighted by atomic mass is 35.5.